The van der Waals surface area contributed by atoms with Crippen molar-refractivity contribution in [2.24, 2.45) is 12.8 Å². The molecule has 1 heterocycles. The molecule has 2 rings (SSSR count). The third-order valence-electron chi connectivity index (χ3n) is 3.64. The van der Waals surface area contributed by atoms with Gasteiger partial charge >= 0.3 is 0 Å². The van der Waals surface area contributed by atoms with Gasteiger partial charge in [0.2, 0.25) is 0 Å². The molecule has 1 aromatic heterocycles. The number of nitrogens with two attached hydrogens (primary N) is 1. The van der Waals surface area contributed by atoms with Crippen LogP contribution in [0.3, 0.4) is 0 Å². The zero-order chi connectivity index (χ0) is 14.7. The smallest absolute Gasteiger partial charge is 0.146 e. The molecule has 0 aliphatic heterocycles. The van der Waals surface area contributed by atoms with Crippen LogP contribution in [0.5, 0.6) is 5.75 Å². The number of aromatic nitrogens is 2. The van der Waals surface area contributed by atoms with E-state index in [1.54, 1.807) is 0 Å². The number of nitrogens with zero attached hydrogens (tertiary/aromatic N) is 2. The fourth-order valence-corrected chi connectivity index (χ4v) is 2.26. The number of benzene rings is 1. The maximum atomic E-state index is 5.99. The van der Waals surface area contributed by atoms with Crippen LogP contribution in [-0.4, -0.2) is 16.1 Å². The Morgan fingerprint density at radius 1 is 1.20 bits per heavy atom. The number of imidazole rings is 1. The van der Waals surface area contributed by atoms with Gasteiger partial charge in [-0.05, 0) is 44.0 Å². The fraction of sp³-hybridized carbons (Fsp3) is 0.438. The molecule has 0 amide bonds. The second-order valence-corrected chi connectivity index (χ2v) is 5.24. The lowest BCUT2D eigenvalue weighted by atomic mass is 10.1. The van der Waals surface area contributed by atoms with Crippen molar-refractivity contribution < 1.29 is 4.74 Å². The average molecular weight is 273 g/mol. The lowest BCUT2D eigenvalue weighted by Crippen LogP contribution is -2.05. The van der Waals surface area contributed by atoms with Gasteiger partial charge in [0.15, 0.2) is 0 Å². The molecule has 2 N–H and O–H groups in total. The molecule has 0 aliphatic rings. The van der Waals surface area contributed by atoms with Gasteiger partial charge in [-0.25, -0.2) is 4.98 Å². The number of rotatable bonds is 5. The van der Waals surface area contributed by atoms with Gasteiger partial charge in [0.05, 0.1) is 5.69 Å². The zero-order valence-corrected chi connectivity index (χ0v) is 12.7. The lowest BCUT2D eigenvalue weighted by molar-refractivity contribution is 0.287. The van der Waals surface area contributed by atoms with Crippen molar-refractivity contribution in [3.8, 4) is 5.75 Å². The summed E-state index contributed by atoms with van der Waals surface area (Å²) in [5, 5.41) is 0. The number of hydrogen-bond donors (Lipinski definition) is 1. The van der Waals surface area contributed by atoms with Crippen molar-refractivity contribution in [3.05, 3.63) is 46.5 Å². The standard InChI is InChI=1S/C16H23N3O/c1-11-5-6-12(2)16(13(11)3)20-10-15-18-14(7-8-17)9-19(15)4/h5-6,9H,7-8,10,17H2,1-4H3. The first-order chi connectivity index (χ1) is 9.52. The highest BCUT2D eigenvalue weighted by Gasteiger charge is 2.09. The summed E-state index contributed by atoms with van der Waals surface area (Å²) in [6, 6.07) is 4.22. The SMILES string of the molecule is Cc1ccc(C)c(OCc2nc(CCN)cn2C)c1C. The Balaban J connectivity index is 2.15. The van der Waals surface area contributed by atoms with Crippen molar-refractivity contribution in [2.75, 3.05) is 6.54 Å². The minimum atomic E-state index is 0.478. The normalized spacial score (nSPS) is 10.8. The minimum Gasteiger partial charge on any atom is -0.485 e. The molecule has 0 radical (unpaired) electrons. The Labute approximate surface area is 120 Å². The summed E-state index contributed by atoms with van der Waals surface area (Å²) in [5.74, 6) is 1.89. The van der Waals surface area contributed by atoms with E-state index < -0.39 is 0 Å². The molecule has 0 atom stereocenters. The molecule has 108 valence electrons. The van der Waals surface area contributed by atoms with Gasteiger partial charge in [-0.3, -0.25) is 0 Å². The summed E-state index contributed by atoms with van der Waals surface area (Å²) >= 11 is 0. The van der Waals surface area contributed by atoms with E-state index in [1.807, 2.05) is 17.8 Å². The fourth-order valence-electron chi connectivity index (χ4n) is 2.26. The van der Waals surface area contributed by atoms with E-state index in [-0.39, 0.29) is 0 Å². The first-order valence-electron chi connectivity index (χ1n) is 6.93. The maximum Gasteiger partial charge on any atom is 0.146 e. The van der Waals surface area contributed by atoms with E-state index in [2.05, 4.69) is 37.9 Å². The summed E-state index contributed by atoms with van der Waals surface area (Å²) in [6.45, 7) is 7.36. The summed E-state index contributed by atoms with van der Waals surface area (Å²) in [7, 11) is 1.99. The Morgan fingerprint density at radius 3 is 2.60 bits per heavy atom. The minimum absolute atomic E-state index is 0.478. The van der Waals surface area contributed by atoms with Crippen LogP contribution in [0, 0.1) is 20.8 Å². The van der Waals surface area contributed by atoms with Crippen LogP contribution in [0.1, 0.15) is 28.2 Å². The molecular weight excluding hydrogens is 250 g/mol. The van der Waals surface area contributed by atoms with E-state index in [4.69, 9.17) is 10.5 Å². The quantitative estimate of drug-likeness (QED) is 0.910. The third kappa shape index (κ3) is 3.02. The summed E-state index contributed by atoms with van der Waals surface area (Å²) in [6.07, 6.45) is 2.82. The van der Waals surface area contributed by atoms with Crippen LogP contribution in [0.2, 0.25) is 0 Å². The van der Waals surface area contributed by atoms with Gasteiger partial charge < -0.3 is 15.0 Å². The monoisotopic (exact) mass is 273 g/mol. The highest BCUT2D eigenvalue weighted by Crippen LogP contribution is 2.26. The van der Waals surface area contributed by atoms with Crippen molar-refractivity contribution in [1.29, 1.82) is 0 Å². The highest BCUT2D eigenvalue weighted by molar-refractivity contribution is 5.44. The van der Waals surface area contributed by atoms with E-state index in [1.165, 1.54) is 11.1 Å². The first-order valence-corrected chi connectivity index (χ1v) is 6.93. The Bertz CT molecular complexity index is 602. The topological polar surface area (TPSA) is 53.1 Å². The van der Waals surface area contributed by atoms with E-state index in [9.17, 15) is 0 Å². The molecule has 0 spiro atoms. The van der Waals surface area contributed by atoms with Gasteiger partial charge in [0, 0.05) is 19.7 Å². The Morgan fingerprint density at radius 2 is 1.90 bits per heavy atom. The lowest BCUT2D eigenvalue weighted by Gasteiger charge is -2.13. The molecule has 0 fully saturated rings. The van der Waals surface area contributed by atoms with Gasteiger partial charge in [0.1, 0.15) is 18.2 Å². The second kappa shape index (κ2) is 6.09. The molecule has 2 aromatic rings. The van der Waals surface area contributed by atoms with Gasteiger partial charge in [-0.1, -0.05) is 12.1 Å². The van der Waals surface area contributed by atoms with Crippen LogP contribution in [0.15, 0.2) is 18.3 Å². The van der Waals surface area contributed by atoms with Crippen molar-refractivity contribution in [1.82, 2.24) is 9.55 Å². The first kappa shape index (κ1) is 14.6. The largest absolute Gasteiger partial charge is 0.485 e. The summed E-state index contributed by atoms with van der Waals surface area (Å²) in [5.41, 5.74) is 10.2. The molecule has 1 aromatic carbocycles. The molecule has 4 nitrogen and oxygen atoms in total. The molecule has 20 heavy (non-hydrogen) atoms. The van der Waals surface area contributed by atoms with E-state index in [0.29, 0.717) is 13.2 Å². The summed E-state index contributed by atoms with van der Waals surface area (Å²) in [4.78, 5) is 4.55. The molecule has 0 unspecified atom stereocenters. The molecule has 0 aliphatic carbocycles. The average Bonchev–Trinajstić information content (AvgIpc) is 2.75. The van der Waals surface area contributed by atoms with E-state index in [0.717, 1.165) is 29.3 Å². The zero-order valence-electron chi connectivity index (χ0n) is 12.7. The van der Waals surface area contributed by atoms with Crippen LogP contribution in [0.25, 0.3) is 0 Å². The Kier molecular flexibility index (Phi) is 4.45. The van der Waals surface area contributed by atoms with Crippen molar-refractivity contribution >= 4 is 0 Å². The molecule has 0 bridgehead atoms. The van der Waals surface area contributed by atoms with Crippen molar-refractivity contribution in [2.45, 2.75) is 33.8 Å². The van der Waals surface area contributed by atoms with Crippen LogP contribution in [-0.2, 0) is 20.1 Å². The number of ether oxygens (including phenoxy) is 1. The van der Waals surface area contributed by atoms with Crippen LogP contribution in [0.4, 0.5) is 0 Å². The Hall–Kier alpha value is -1.81. The van der Waals surface area contributed by atoms with Gasteiger partial charge in [-0.15, -0.1) is 0 Å². The van der Waals surface area contributed by atoms with Gasteiger partial charge in [-0.2, -0.15) is 0 Å². The second-order valence-electron chi connectivity index (χ2n) is 5.24. The molecule has 0 saturated heterocycles. The van der Waals surface area contributed by atoms with Crippen LogP contribution >= 0.6 is 0 Å². The summed E-state index contributed by atoms with van der Waals surface area (Å²) < 4.78 is 8.00. The predicted molar refractivity (Wildman–Crippen MR) is 81.0 cm³/mol. The predicted octanol–water partition coefficient (Wildman–Crippen LogP) is 2.43. The highest BCUT2D eigenvalue weighted by atomic mass is 16.5. The van der Waals surface area contributed by atoms with Crippen LogP contribution < -0.4 is 10.5 Å². The maximum absolute atomic E-state index is 5.99. The number of hydrogen-bond acceptors (Lipinski definition) is 3. The molecular formula is C16H23N3O. The van der Waals surface area contributed by atoms with E-state index >= 15 is 0 Å². The number of aryl methyl sites for hydroxylation is 3. The third-order valence-corrected chi connectivity index (χ3v) is 3.64. The van der Waals surface area contributed by atoms with Crippen molar-refractivity contribution in [3.63, 3.8) is 0 Å². The molecule has 0 saturated carbocycles. The molecule has 4 heteroatoms. The van der Waals surface area contributed by atoms with Gasteiger partial charge in [0.25, 0.3) is 0 Å².